The Kier molecular flexibility index (Phi) is 5.36. The molecular formula is C4H9CaO3P. The van der Waals surface area contributed by atoms with Gasteiger partial charge in [-0.05, 0) is 5.16 Å². The van der Waals surface area contributed by atoms with Crippen LogP contribution in [0.15, 0.2) is 0 Å². The monoisotopic (exact) mass is 176 g/mol. The minimum atomic E-state index is -4.35. The van der Waals surface area contributed by atoms with Crippen molar-refractivity contribution in [3.63, 3.8) is 0 Å². The standard InChI is InChI=1S/C4H11O3P.Ca/c1-4(2,3)8(5,6)7;/h1-3H3,(H2,5,6,7);/q;+2/p-2. The Morgan fingerprint density at radius 3 is 1.33 bits per heavy atom. The van der Waals surface area contributed by atoms with Crippen molar-refractivity contribution in [1.29, 1.82) is 0 Å². The van der Waals surface area contributed by atoms with Gasteiger partial charge in [0.25, 0.3) is 0 Å². The zero-order chi connectivity index (χ0) is 7.00. The summed E-state index contributed by atoms with van der Waals surface area (Å²) < 4.78 is 10.1. The SMILES string of the molecule is CC(C)(C)P(=O)([O-])[O-].[Ca+2]. The fourth-order valence-corrected chi connectivity index (χ4v) is 0. The normalized spacial score (nSPS) is 12.6. The zero-order valence-corrected chi connectivity index (χ0v) is 8.98. The fraction of sp³-hybridized carbons (Fsp3) is 1.00. The van der Waals surface area contributed by atoms with Crippen LogP contribution in [0, 0.1) is 0 Å². The van der Waals surface area contributed by atoms with Crippen LogP contribution >= 0.6 is 7.60 Å². The van der Waals surface area contributed by atoms with Crippen LogP contribution in [0.5, 0.6) is 0 Å². The van der Waals surface area contributed by atoms with Gasteiger partial charge in [-0.3, -0.25) is 0 Å². The molecule has 0 aliphatic heterocycles. The van der Waals surface area contributed by atoms with E-state index in [9.17, 15) is 14.4 Å². The van der Waals surface area contributed by atoms with Crippen molar-refractivity contribution < 1.29 is 14.4 Å². The van der Waals surface area contributed by atoms with Gasteiger partial charge in [-0.25, -0.2) is 0 Å². The van der Waals surface area contributed by atoms with Gasteiger partial charge in [0, 0.05) is 0 Å². The molecule has 5 heteroatoms. The second-order valence-electron chi connectivity index (χ2n) is 2.67. The average Bonchev–Trinajstić information content (AvgIpc) is 1.25. The molecule has 0 spiro atoms. The zero-order valence-electron chi connectivity index (χ0n) is 5.88. The summed E-state index contributed by atoms with van der Waals surface area (Å²) in [5.41, 5.74) is 0. The molecule has 0 aromatic carbocycles. The van der Waals surface area contributed by atoms with E-state index in [1.54, 1.807) is 0 Å². The first-order valence-electron chi connectivity index (χ1n) is 2.27. The van der Waals surface area contributed by atoms with Gasteiger partial charge < -0.3 is 14.4 Å². The topological polar surface area (TPSA) is 63.2 Å². The van der Waals surface area contributed by atoms with Crippen molar-refractivity contribution in [2.24, 2.45) is 0 Å². The second-order valence-corrected chi connectivity index (χ2v) is 5.00. The van der Waals surface area contributed by atoms with Crippen LogP contribution < -0.4 is 9.79 Å². The molecule has 0 atom stereocenters. The first-order chi connectivity index (χ1) is 3.25. The number of hydrogen-bond donors (Lipinski definition) is 0. The first-order valence-corrected chi connectivity index (χ1v) is 3.81. The quantitative estimate of drug-likeness (QED) is 0.363. The predicted octanol–water partition coefficient (Wildman–Crippen LogP) is -0.682. The third-order valence-electron chi connectivity index (χ3n) is 0.822. The van der Waals surface area contributed by atoms with Gasteiger partial charge in [-0.15, -0.1) is 0 Å². The van der Waals surface area contributed by atoms with Crippen LogP contribution in [-0.4, -0.2) is 42.9 Å². The molecular weight excluding hydrogens is 167 g/mol. The molecule has 0 heterocycles. The molecule has 0 saturated heterocycles. The molecule has 0 radical (unpaired) electrons. The summed E-state index contributed by atoms with van der Waals surface area (Å²) in [6.07, 6.45) is 0. The van der Waals surface area contributed by atoms with Crippen LogP contribution in [0.1, 0.15) is 20.8 Å². The second kappa shape index (κ2) is 3.70. The molecule has 0 aromatic rings. The molecule has 0 fully saturated rings. The Morgan fingerprint density at radius 1 is 1.22 bits per heavy atom. The maximum atomic E-state index is 10.1. The molecule has 0 N–H and O–H groups in total. The van der Waals surface area contributed by atoms with E-state index < -0.39 is 12.8 Å². The van der Waals surface area contributed by atoms with Gasteiger partial charge >= 0.3 is 37.7 Å². The third-order valence-corrected chi connectivity index (χ3v) is 2.46. The Bertz CT molecular complexity index is 122. The molecule has 0 aliphatic carbocycles. The molecule has 0 amide bonds. The first kappa shape index (κ1) is 13.0. The Labute approximate surface area is 85.0 Å². The molecule has 0 bridgehead atoms. The minimum absolute atomic E-state index is 0. The van der Waals surface area contributed by atoms with Crippen molar-refractivity contribution in [2.75, 3.05) is 0 Å². The van der Waals surface area contributed by atoms with Crippen molar-refractivity contribution >= 4 is 45.3 Å². The summed E-state index contributed by atoms with van der Waals surface area (Å²) >= 11 is 0. The van der Waals surface area contributed by atoms with Crippen molar-refractivity contribution in [3.8, 4) is 0 Å². The largest absolute Gasteiger partial charge is 2.00 e. The summed E-state index contributed by atoms with van der Waals surface area (Å²) in [6, 6.07) is 0. The Balaban J connectivity index is 0. The molecule has 0 rings (SSSR count). The maximum Gasteiger partial charge on any atom is 2.00 e. The van der Waals surface area contributed by atoms with E-state index in [1.807, 2.05) is 0 Å². The predicted molar refractivity (Wildman–Crippen MR) is 33.1 cm³/mol. The minimum Gasteiger partial charge on any atom is -0.810 e. The Morgan fingerprint density at radius 2 is 1.33 bits per heavy atom. The van der Waals surface area contributed by atoms with Crippen LogP contribution in [0.2, 0.25) is 0 Å². The number of hydrogen-bond acceptors (Lipinski definition) is 3. The van der Waals surface area contributed by atoms with Gasteiger partial charge in [0.2, 0.25) is 0 Å². The van der Waals surface area contributed by atoms with E-state index in [-0.39, 0.29) is 37.7 Å². The summed E-state index contributed by atoms with van der Waals surface area (Å²) in [5.74, 6) is 0. The van der Waals surface area contributed by atoms with Crippen LogP contribution in [0.4, 0.5) is 0 Å². The van der Waals surface area contributed by atoms with Crippen LogP contribution in [-0.2, 0) is 4.57 Å². The summed E-state index contributed by atoms with van der Waals surface area (Å²) in [4.78, 5) is 20.2. The van der Waals surface area contributed by atoms with Gasteiger partial charge in [-0.1, -0.05) is 28.4 Å². The van der Waals surface area contributed by atoms with Crippen LogP contribution in [0.3, 0.4) is 0 Å². The van der Waals surface area contributed by atoms with Crippen LogP contribution in [0.25, 0.3) is 0 Å². The molecule has 9 heavy (non-hydrogen) atoms. The van der Waals surface area contributed by atoms with Gasteiger partial charge in [0.1, 0.15) is 0 Å². The van der Waals surface area contributed by atoms with E-state index in [4.69, 9.17) is 0 Å². The average molecular weight is 176 g/mol. The van der Waals surface area contributed by atoms with Crippen molar-refractivity contribution in [3.05, 3.63) is 0 Å². The fourth-order valence-electron chi connectivity index (χ4n) is 0. The van der Waals surface area contributed by atoms with Gasteiger partial charge in [0.05, 0.1) is 0 Å². The van der Waals surface area contributed by atoms with E-state index in [0.29, 0.717) is 0 Å². The van der Waals surface area contributed by atoms with Gasteiger partial charge in [-0.2, -0.15) is 0 Å². The number of rotatable bonds is 0. The summed E-state index contributed by atoms with van der Waals surface area (Å²) in [7, 11) is -4.35. The maximum absolute atomic E-state index is 10.1. The van der Waals surface area contributed by atoms with E-state index in [2.05, 4.69) is 0 Å². The third kappa shape index (κ3) is 4.77. The van der Waals surface area contributed by atoms with E-state index in [1.165, 1.54) is 20.8 Å². The van der Waals surface area contributed by atoms with Crippen molar-refractivity contribution in [2.45, 2.75) is 25.9 Å². The Hall–Kier alpha value is 1.41. The van der Waals surface area contributed by atoms with E-state index in [0.717, 1.165) is 0 Å². The van der Waals surface area contributed by atoms with E-state index >= 15 is 0 Å². The summed E-state index contributed by atoms with van der Waals surface area (Å²) in [5, 5.41) is -1.12. The van der Waals surface area contributed by atoms with Gasteiger partial charge in [0.15, 0.2) is 0 Å². The summed E-state index contributed by atoms with van der Waals surface area (Å²) in [6.45, 7) is 4.15. The molecule has 50 valence electrons. The molecule has 0 aliphatic rings. The smallest absolute Gasteiger partial charge is 0.810 e. The van der Waals surface area contributed by atoms with Crippen molar-refractivity contribution in [1.82, 2.24) is 0 Å². The molecule has 3 nitrogen and oxygen atoms in total. The molecule has 0 unspecified atom stereocenters. The molecule has 0 saturated carbocycles. The molecule has 0 aromatic heterocycles.